The number of rotatable bonds is 5. The van der Waals surface area contributed by atoms with Gasteiger partial charge in [0.1, 0.15) is 11.0 Å². The van der Waals surface area contributed by atoms with Gasteiger partial charge in [-0.05, 0) is 48.9 Å². The highest BCUT2D eigenvalue weighted by atomic mass is 35.5. The molecule has 0 saturated heterocycles. The van der Waals surface area contributed by atoms with Crippen LogP contribution >= 0.6 is 11.6 Å². The zero-order valence-corrected chi connectivity index (χ0v) is 15.2. The zero-order chi connectivity index (χ0) is 19.4. The molecule has 0 bridgehead atoms. The third-order valence-corrected chi connectivity index (χ3v) is 4.29. The molecule has 138 valence electrons. The molecule has 0 saturated carbocycles. The van der Waals surface area contributed by atoms with E-state index in [1.807, 2.05) is 0 Å². The van der Waals surface area contributed by atoms with Crippen molar-refractivity contribution < 1.29 is 9.18 Å². The summed E-state index contributed by atoms with van der Waals surface area (Å²) in [5, 5.41) is 8.69. The molecule has 0 aliphatic carbocycles. The number of aromatic nitrogens is 2. The van der Waals surface area contributed by atoms with Crippen LogP contribution in [0.1, 0.15) is 27.2 Å². The van der Waals surface area contributed by atoms with Crippen molar-refractivity contribution in [3.63, 3.8) is 0 Å². The molecule has 27 heavy (non-hydrogen) atoms. The summed E-state index contributed by atoms with van der Waals surface area (Å²) in [4.78, 5) is 12.0. The number of nitrogen functional groups attached to an aromatic ring is 1. The van der Waals surface area contributed by atoms with Crippen molar-refractivity contribution in [1.29, 1.82) is 0 Å². The van der Waals surface area contributed by atoms with Crippen molar-refractivity contribution in [1.82, 2.24) is 15.2 Å². The van der Waals surface area contributed by atoms with Gasteiger partial charge in [-0.1, -0.05) is 23.7 Å². The van der Waals surface area contributed by atoms with Gasteiger partial charge >= 0.3 is 0 Å². The highest BCUT2D eigenvalue weighted by Crippen LogP contribution is 2.19. The van der Waals surface area contributed by atoms with E-state index in [9.17, 15) is 9.18 Å². The molecule has 2 aromatic carbocycles. The lowest BCUT2D eigenvalue weighted by Crippen LogP contribution is -2.17. The van der Waals surface area contributed by atoms with Crippen molar-refractivity contribution in [3.05, 3.63) is 81.9 Å². The Morgan fingerprint density at radius 2 is 1.93 bits per heavy atom. The third kappa shape index (κ3) is 4.51. The Bertz CT molecular complexity index is 981. The fourth-order valence-corrected chi connectivity index (χ4v) is 2.72. The number of amides is 1. The second-order valence-electron chi connectivity index (χ2n) is 5.90. The molecular weight excluding hydrogens is 369 g/mol. The molecule has 1 heterocycles. The standard InChI is InChI=1S/C19H17ClFN5O/c1-12-17(10-23-24-19(27)14-4-8-16(22)9-5-14)18(20)26(25-12)11-13-2-6-15(21)7-3-13/h2-10H,11,22H2,1H3,(H,24,27)/b23-10-. The van der Waals surface area contributed by atoms with Crippen LogP contribution in [-0.2, 0) is 6.54 Å². The van der Waals surface area contributed by atoms with E-state index >= 15 is 0 Å². The third-order valence-electron chi connectivity index (χ3n) is 3.89. The molecule has 1 amide bonds. The van der Waals surface area contributed by atoms with E-state index < -0.39 is 0 Å². The van der Waals surface area contributed by atoms with Crippen molar-refractivity contribution in [3.8, 4) is 0 Å². The van der Waals surface area contributed by atoms with Crippen LogP contribution < -0.4 is 11.2 Å². The number of aryl methyl sites for hydroxylation is 1. The van der Waals surface area contributed by atoms with Gasteiger partial charge < -0.3 is 5.73 Å². The summed E-state index contributed by atoms with van der Waals surface area (Å²) in [5.41, 5.74) is 11.2. The van der Waals surface area contributed by atoms with Crippen LogP contribution in [0.15, 0.2) is 53.6 Å². The summed E-state index contributed by atoms with van der Waals surface area (Å²) in [6.07, 6.45) is 1.45. The molecule has 3 rings (SSSR count). The van der Waals surface area contributed by atoms with Gasteiger partial charge in [0.25, 0.3) is 5.91 Å². The number of nitrogens with zero attached hydrogens (tertiary/aromatic N) is 3. The molecule has 0 radical (unpaired) electrons. The maximum Gasteiger partial charge on any atom is 0.271 e. The summed E-state index contributed by atoms with van der Waals surface area (Å²) in [5.74, 6) is -0.662. The molecule has 3 N–H and O–H groups in total. The molecule has 3 aromatic rings. The van der Waals surface area contributed by atoms with Gasteiger partial charge in [-0.25, -0.2) is 14.5 Å². The van der Waals surface area contributed by atoms with E-state index in [1.165, 1.54) is 18.3 Å². The Kier molecular flexibility index (Phi) is 5.52. The number of nitrogens with two attached hydrogens (primary N) is 1. The van der Waals surface area contributed by atoms with Crippen LogP contribution in [0.25, 0.3) is 0 Å². The first-order chi connectivity index (χ1) is 12.9. The molecule has 0 fully saturated rings. The van der Waals surface area contributed by atoms with Crippen LogP contribution in [0, 0.1) is 12.7 Å². The predicted octanol–water partition coefficient (Wildman–Crippen LogP) is 3.38. The SMILES string of the molecule is Cc1nn(Cc2ccc(F)cc2)c(Cl)c1/C=N\NC(=O)c1ccc(N)cc1. The minimum absolute atomic E-state index is 0.300. The summed E-state index contributed by atoms with van der Waals surface area (Å²) in [6.45, 7) is 2.18. The number of carbonyl (C=O) groups excluding carboxylic acids is 1. The molecule has 0 unspecified atom stereocenters. The van der Waals surface area contributed by atoms with Gasteiger partial charge in [-0.2, -0.15) is 10.2 Å². The van der Waals surface area contributed by atoms with Gasteiger partial charge in [0.15, 0.2) is 0 Å². The molecule has 1 aromatic heterocycles. The molecule has 0 atom stereocenters. The monoisotopic (exact) mass is 385 g/mol. The van der Waals surface area contributed by atoms with Crippen LogP contribution in [-0.4, -0.2) is 21.9 Å². The smallest absolute Gasteiger partial charge is 0.271 e. The average molecular weight is 386 g/mol. The second-order valence-corrected chi connectivity index (χ2v) is 6.25. The fraction of sp³-hybridized carbons (Fsp3) is 0.105. The Morgan fingerprint density at radius 1 is 1.26 bits per heavy atom. The lowest BCUT2D eigenvalue weighted by molar-refractivity contribution is 0.0955. The van der Waals surface area contributed by atoms with E-state index in [4.69, 9.17) is 17.3 Å². The number of hydrazone groups is 1. The van der Waals surface area contributed by atoms with Crippen LogP contribution in [0.4, 0.5) is 10.1 Å². The number of halogens is 2. The van der Waals surface area contributed by atoms with Crippen molar-refractivity contribution >= 4 is 29.4 Å². The summed E-state index contributed by atoms with van der Waals surface area (Å²) in [6, 6.07) is 12.6. The molecule has 8 heteroatoms. The molecule has 6 nitrogen and oxygen atoms in total. The normalized spacial score (nSPS) is 11.1. The minimum atomic E-state index is -0.362. The van der Waals surface area contributed by atoms with Gasteiger partial charge in [-0.3, -0.25) is 4.79 Å². The van der Waals surface area contributed by atoms with Gasteiger partial charge in [0.05, 0.1) is 24.0 Å². The summed E-state index contributed by atoms with van der Waals surface area (Å²) in [7, 11) is 0. The van der Waals surface area contributed by atoms with Crippen LogP contribution in [0.3, 0.4) is 0 Å². The number of benzene rings is 2. The lowest BCUT2D eigenvalue weighted by Gasteiger charge is -2.03. The molecule has 0 aliphatic heterocycles. The van der Waals surface area contributed by atoms with Crippen molar-refractivity contribution in [2.45, 2.75) is 13.5 Å². The van der Waals surface area contributed by atoms with E-state index in [1.54, 1.807) is 48.0 Å². The average Bonchev–Trinajstić information content (AvgIpc) is 2.91. The number of anilines is 1. The van der Waals surface area contributed by atoms with Crippen LogP contribution in [0.2, 0.25) is 5.15 Å². The number of hydrogen-bond donors (Lipinski definition) is 2. The summed E-state index contributed by atoms with van der Waals surface area (Å²) < 4.78 is 14.6. The van der Waals surface area contributed by atoms with Gasteiger partial charge in [0.2, 0.25) is 0 Å². The fourth-order valence-electron chi connectivity index (χ4n) is 2.44. The topological polar surface area (TPSA) is 85.3 Å². The van der Waals surface area contributed by atoms with Gasteiger partial charge in [0, 0.05) is 11.3 Å². The zero-order valence-electron chi connectivity index (χ0n) is 14.5. The Balaban J connectivity index is 1.70. The minimum Gasteiger partial charge on any atom is -0.399 e. The lowest BCUT2D eigenvalue weighted by atomic mass is 10.2. The first kappa shape index (κ1) is 18.6. The Hall–Kier alpha value is -3.19. The van der Waals surface area contributed by atoms with E-state index in [2.05, 4.69) is 15.6 Å². The predicted molar refractivity (Wildman–Crippen MR) is 103 cm³/mol. The van der Waals surface area contributed by atoms with Crippen molar-refractivity contribution in [2.24, 2.45) is 5.10 Å². The van der Waals surface area contributed by atoms with Gasteiger partial charge in [-0.15, -0.1) is 0 Å². The van der Waals surface area contributed by atoms with E-state index in [0.29, 0.717) is 34.2 Å². The number of carbonyl (C=O) groups is 1. The molecule has 0 aliphatic rings. The molecule has 0 spiro atoms. The quantitative estimate of drug-likeness (QED) is 0.401. The highest BCUT2D eigenvalue weighted by molar-refractivity contribution is 6.32. The van der Waals surface area contributed by atoms with E-state index in [-0.39, 0.29) is 11.7 Å². The van der Waals surface area contributed by atoms with Crippen molar-refractivity contribution in [2.75, 3.05) is 5.73 Å². The number of hydrogen-bond acceptors (Lipinski definition) is 4. The first-order valence-corrected chi connectivity index (χ1v) is 8.48. The maximum atomic E-state index is 13.0. The maximum absolute atomic E-state index is 13.0. The largest absolute Gasteiger partial charge is 0.399 e. The molecular formula is C19H17ClFN5O. The summed E-state index contributed by atoms with van der Waals surface area (Å²) >= 11 is 6.37. The second kappa shape index (κ2) is 8.01. The highest BCUT2D eigenvalue weighted by Gasteiger charge is 2.12. The first-order valence-electron chi connectivity index (χ1n) is 8.10. The Morgan fingerprint density at radius 3 is 2.59 bits per heavy atom. The Labute approximate surface area is 160 Å². The number of nitrogens with one attached hydrogen (secondary N) is 1. The van der Waals surface area contributed by atoms with E-state index in [0.717, 1.165) is 5.56 Å². The van der Waals surface area contributed by atoms with Crippen LogP contribution in [0.5, 0.6) is 0 Å².